The van der Waals surface area contributed by atoms with Crippen molar-refractivity contribution in [1.29, 1.82) is 0 Å². The first-order valence-corrected chi connectivity index (χ1v) is 8.83. The van der Waals surface area contributed by atoms with Crippen molar-refractivity contribution in [3.63, 3.8) is 0 Å². The number of allylic oxidation sites excluding steroid dienone is 1. The second-order valence-electron chi connectivity index (χ2n) is 5.98. The largest absolute Gasteiger partial charge is 0.497 e. The van der Waals surface area contributed by atoms with Gasteiger partial charge in [0.05, 0.1) is 12.0 Å². The summed E-state index contributed by atoms with van der Waals surface area (Å²) in [6, 6.07) is 14.7. The predicted octanol–water partition coefficient (Wildman–Crippen LogP) is 4.51. The van der Waals surface area contributed by atoms with Crippen LogP contribution in [0.15, 0.2) is 64.5 Å². The Labute approximate surface area is 151 Å². The van der Waals surface area contributed by atoms with E-state index < -0.39 is 0 Å². The first-order chi connectivity index (χ1) is 12.0. The number of anilines is 1. The lowest BCUT2D eigenvalue weighted by Gasteiger charge is -2.21. The van der Waals surface area contributed by atoms with Gasteiger partial charge in [-0.25, -0.2) is 0 Å². The molecular weight excluding hydrogens is 334 g/mol. The van der Waals surface area contributed by atoms with E-state index in [1.807, 2.05) is 50.2 Å². The second kappa shape index (κ2) is 7.15. The maximum atomic E-state index is 12.7. The molecule has 128 valence electrons. The fourth-order valence-electron chi connectivity index (χ4n) is 2.53. The van der Waals surface area contributed by atoms with Crippen molar-refractivity contribution in [3.05, 3.63) is 65.2 Å². The van der Waals surface area contributed by atoms with Gasteiger partial charge in [-0.15, -0.1) is 0 Å². The number of thioether (sulfide) groups is 1. The van der Waals surface area contributed by atoms with Crippen LogP contribution in [0.3, 0.4) is 0 Å². The Balaban J connectivity index is 1.98. The summed E-state index contributed by atoms with van der Waals surface area (Å²) in [5, 5.41) is 0. The van der Waals surface area contributed by atoms with Crippen LogP contribution in [0.25, 0.3) is 0 Å². The van der Waals surface area contributed by atoms with Gasteiger partial charge in [0, 0.05) is 28.3 Å². The monoisotopic (exact) mass is 353 g/mol. The summed E-state index contributed by atoms with van der Waals surface area (Å²) < 4.78 is 5.17. The van der Waals surface area contributed by atoms with E-state index in [1.165, 1.54) is 11.8 Å². The number of Topliss-reactive ketones (excluding diaryl/α,β-unsaturated/α-hetero) is 1. The van der Waals surface area contributed by atoms with Gasteiger partial charge in [0.25, 0.3) is 0 Å². The number of fused-ring (bicyclic) bond motifs is 1. The molecule has 0 N–H and O–H groups in total. The fourth-order valence-corrected chi connectivity index (χ4v) is 3.54. The highest BCUT2D eigenvalue weighted by molar-refractivity contribution is 8.04. The molecule has 0 saturated heterocycles. The van der Waals surface area contributed by atoms with Crippen molar-refractivity contribution in [3.8, 4) is 5.75 Å². The Hall–Kier alpha value is -2.53. The molecule has 0 radical (unpaired) electrons. The molecule has 2 aromatic rings. The third kappa shape index (κ3) is 3.46. The number of amides is 1. The number of hydrogen-bond donors (Lipinski definition) is 0. The summed E-state index contributed by atoms with van der Waals surface area (Å²) in [5.41, 5.74) is 1.39. The maximum absolute atomic E-state index is 12.7. The molecule has 0 aliphatic carbocycles. The summed E-state index contributed by atoms with van der Waals surface area (Å²) in [6.07, 6.45) is 1.65. The zero-order valence-corrected chi connectivity index (χ0v) is 15.2. The van der Waals surface area contributed by atoms with Crippen molar-refractivity contribution >= 4 is 29.1 Å². The Morgan fingerprint density at radius 3 is 2.40 bits per heavy atom. The number of benzene rings is 2. The number of ether oxygens (including phenoxy) is 1. The van der Waals surface area contributed by atoms with E-state index in [0.29, 0.717) is 21.9 Å². The molecule has 0 saturated carbocycles. The molecule has 4 nitrogen and oxygen atoms in total. The van der Waals surface area contributed by atoms with Gasteiger partial charge in [-0.1, -0.05) is 37.7 Å². The van der Waals surface area contributed by atoms with Crippen LogP contribution in [0.1, 0.15) is 24.2 Å². The van der Waals surface area contributed by atoms with Gasteiger partial charge >= 0.3 is 0 Å². The normalized spacial score (nSPS) is 14.7. The number of methoxy groups -OCH3 is 1. The van der Waals surface area contributed by atoms with Gasteiger partial charge in [-0.05, 0) is 36.4 Å². The van der Waals surface area contributed by atoms with Crippen LogP contribution in [-0.2, 0) is 4.79 Å². The number of carbonyl (C=O) groups excluding carboxylic acids is 2. The molecule has 2 aromatic carbocycles. The smallest absolute Gasteiger partial charge is 0.233 e. The van der Waals surface area contributed by atoms with Gasteiger partial charge in [0.2, 0.25) is 11.7 Å². The molecule has 0 fully saturated rings. The van der Waals surface area contributed by atoms with Crippen molar-refractivity contribution in [1.82, 2.24) is 0 Å². The van der Waals surface area contributed by atoms with E-state index in [-0.39, 0.29) is 17.6 Å². The minimum absolute atomic E-state index is 0.0457. The lowest BCUT2D eigenvalue weighted by atomic mass is 10.1. The maximum Gasteiger partial charge on any atom is 0.233 e. The van der Waals surface area contributed by atoms with Crippen LogP contribution in [0.5, 0.6) is 5.75 Å². The quantitative estimate of drug-likeness (QED) is 0.759. The van der Waals surface area contributed by atoms with Crippen molar-refractivity contribution in [2.45, 2.75) is 18.7 Å². The van der Waals surface area contributed by atoms with Crippen LogP contribution in [-0.4, -0.2) is 18.8 Å². The molecule has 1 aliphatic rings. The highest BCUT2D eigenvalue weighted by Gasteiger charge is 2.28. The molecule has 0 aromatic heterocycles. The number of nitrogens with zero attached hydrogens (tertiary/aromatic N) is 1. The summed E-state index contributed by atoms with van der Waals surface area (Å²) in [5.74, 6) is 0.410. The van der Waals surface area contributed by atoms with Crippen LogP contribution >= 0.6 is 11.8 Å². The molecule has 1 aliphatic heterocycles. The molecule has 5 heteroatoms. The van der Waals surface area contributed by atoms with Crippen molar-refractivity contribution in [2.24, 2.45) is 5.92 Å². The Morgan fingerprint density at radius 2 is 1.80 bits per heavy atom. The third-order valence-corrected chi connectivity index (χ3v) is 4.99. The van der Waals surface area contributed by atoms with E-state index >= 15 is 0 Å². The average molecular weight is 353 g/mol. The Morgan fingerprint density at radius 1 is 1.12 bits per heavy atom. The molecule has 0 atom stereocenters. The summed E-state index contributed by atoms with van der Waals surface area (Å²) >= 11 is 1.40. The Bertz CT molecular complexity index is 840. The number of hydrogen-bond acceptors (Lipinski definition) is 4. The van der Waals surface area contributed by atoms with Crippen molar-refractivity contribution < 1.29 is 14.3 Å². The fraction of sp³-hybridized carbons (Fsp3) is 0.200. The minimum atomic E-state index is -0.192. The lowest BCUT2D eigenvalue weighted by Crippen LogP contribution is -2.30. The standard InChI is InChI=1S/C20H19NO3S/c1-13(2)20(23)21(14-8-10-15(24-3)11-9-14)12-18-19(22)16-6-4-5-7-17(16)25-18/h4-13H,1-3H3. The van der Waals surface area contributed by atoms with E-state index in [0.717, 1.165) is 4.90 Å². The zero-order chi connectivity index (χ0) is 18.0. The van der Waals surface area contributed by atoms with Crippen LogP contribution in [0.2, 0.25) is 0 Å². The van der Waals surface area contributed by atoms with Crippen molar-refractivity contribution in [2.75, 3.05) is 12.0 Å². The molecule has 0 spiro atoms. The van der Waals surface area contributed by atoms with Crippen LogP contribution < -0.4 is 9.64 Å². The molecule has 1 amide bonds. The van der Waals surface area contributed by atoms with Crippen LogP contribution in [0.4, 0.5) is 5.69 Å². The van der Waals surface area contributed by atoms with E-state index in [9.17, 15) is 9.59 Å². The SMILES string of the molecule is COc1ccc(N(C=C2Sc3ccccc3C2=O)C(=O)C(C)C)cc1. The lowest BCUT2D eigenvalue weighted by molar-refractivity contribution is -0.120. The predicted molar refractivity (Wildman–Crippen MR) is 100 cm³/mol. The van der Waals surface area contributed by atoms with Crippen LogP contribution in [0, 0.1) is 5.92 Å². The highest BCUT2D eigenvalue weighted by Crippen LogP contribution is 2.40. The summed E-state index contributed by atoms with van der Waals surface area (Å²) in [4.78, 5) is 28.3. The highest BCUT2D eigenvalue weighted by atomic mass is 32.2. The van der Waals surface area contributed by atoms with Gasteiger partial charge in [-0.3, -0.25) is 14.5 Å². The topological polar surface area (TPSA) is 46.6 Å². The third-order valence-electron chi connectivity index (χ3n) is 3.90. The molecule has 3 rings (SSSR count). The number of carbonyl (C=O) groups is 2. The van der Waals surface area contributed by atoms with Gasteiger partial charge < -0.3 is 4.74 Å². The number of ketones is 1. The second-order valence-corrected chi connectivity index (χ2v) is 7.07. The molecular formula is C20H19NO3S. The molecule has 25 heavy (non-hydrogen) atoms. The summed E-state index contributed by atoms with van der Waals surface area (Å²) in [7, 11) is 1.60. The molecule has 1 heterocycles. The molecule has 0 bridgehead atoms. The van der Waals surface area contributed by atoms with Gasteiger partial charge in [0.15, 0.2) is 0 Å². The Kier molecular flexibility index (Phi) is 4.95. The number of rotatable bonds is 4. The van der Waals surface area contributed by atoms with E-state index in [1.54, 1.807) is 30.3 Å². The van der Waals surface area contributed by atoms with Gasteiger partial charge in [0.1, 0.15) is 5.75 Å². The molecule has 0 unspecified atom stereocenters. The van der Waals surface area contributed by atoms with Gasteiger partial charge in [-0.2, -0.15) is 0 Å². The summed E-state index contributed by atoms with van der Waals surface area (Å²) in [6.45, 7) is 3.69. The minimum Gasteiger partial charge on any atom is -0.497 e. The first kappa shape index (κ1) is 17.3. The van der Waals surface area contributed by atoms with E-state index in [4.69, 9.17) is 4.74 Å². The average Bonchev–Trinajstić information content (AvgIpc) is 2.95. The zero-order valence-electron chi connectivity index (χ0n) is 14.4. The first-order valence-electron chi connectivity index (χ1n) is 8.02. The van der Waals surface area contributed by atoms with E-state index in [2.05, 4.69) is 0 Å².